The van der Waals surface area contributed by atoms with Crippen LogP contribution in [0.5, 0.6) is 0 Å². The van der Waals surface area contributed by atoms with Gasteiger partial charge in [-0.05, 0) is 73.3 Å². The van der Waals surface area contributed by atoms with Crippen molar-refractivity contribution in [1.82, 2.24) is 5.32 Å². The van der Waals surface area contributed by atoms with Gasteiger partial charge in [-0.15, -0.1) is 0 Å². The van der Waals surface area contributed by atoms with Crippen LogP contribution in [0.15, 0.2) is 42.5 Å². The van der Waals surface area contributed by atoms with Gasteiger partial charge in [0.25, 0.3) is 0 Å². The van der Waals surface area contributed by atoms with Gasteiger partial charge in [-0.1, -0.05) is 25.1 Å². The van der Waals surface area contributed by atoms with Crippen LogP contribution in [-0.2, 0) is 11.3 Å². The van der Waals surface area contributed by atoms with Crippen LogP contribution in [0.2, 0.25) is 0 Å². The Labute approximate surface area is 178 Å². The van der Waals surface area contributed by atoms with Gasteiger partial charge in [-0.2, -0.15) is 0 Å². The van der Waals surface area contributed by atoms with E-state index in [0.717, 1.165) is 30.3 Å². The van der Waals surface area contributed by atoms with Crippen molar-refractivity contribution in [3.63, 3.8) is 0 Å². The fraction of sp³-hybridized carbons (Fsp3) is 0.391. The second kappa shape index (κ2) is 9.74. The van der Waals surface area contributed by atoms with E-state index in [1.807, 2.05) is 13.0 Å². The predicted octanol–water partition coefficient (Wildman–Crippen LogP) is 4.50. The van der Waals surface area contributed by atoms with Crippen LogP contribution >= 0.6 is 12.2 Å². The summed E-state index contributed by atoms with van der Waals surface area (Å²) >= 11 is 5.43. The maximum absolute atomic E-state index is 11.7. The van der Waals surface area contributed by atoms with Crippen LogP contribution in [0, 0.1) is 12.8 Å². The first-order valence-electron chi connectivity index (χ1n) is 10.0. The van der Waals surface area contributed by atoms with Gasteiger partial charge in [0.05, 0.1) is 12.7 Å². The number of rotatable bonds is 5. The second-order valence-corrected chi connectivity index (χ2v) is 8.10. The van der Waals surface area contributed by atoms with Crippen molar-refractivity contribution in [3.8, 4) is 0 Å². The molecule has 2 aromatic carbocycles. The number of hydrogen-bond acceptors (Lipinski definition) is 4. The molecule has 1 heterocycles. The van der Waals surface area contributed by atoms with E-state index in [0.29, 0.717) is 17.2 Å². The van der Waals surface area contributed by atoms with E-state index >= 15 is 0 Å². The summed E-state index contributed by atoms with van der Waals surface area (Å²) in [6, 6.07) is 14.0. The number of aryl methyl sites for hydroxylation is 1. The van der Waals surface area contributed by atoms with Crippen molar-refractivity contribution >= 4 is 34.7 Å². The van der Waals surface area contributed by atoms with E-state index < -0.39 is 0 Å². The van der Waals surface area contributed by atoms with Crippen molar-refractivity contribution in [2.45, 2.75) is 33.2 Å². The Balaban J connectivity index is 1.55. The SMILES string of the molecule is COC(=O)c1ccc(C)c(NC(=S)NCc2ccc(N3CCCC(C)C3)cc2)c1. The van der Waals surface area contributed by atoms with Gasteiger partial charge >= 0.3 is 5.97 Å². The van der Waals surface area contributed by atoms with Crippen molar-refractivity contribution in [2.24, 2.45) is 5.92 Å². The molecule has 5 nitrogen and oxygen atoms in total. The van der Waals surface area contributed by atoms with Gasteiger partial charge in [0, 0.05) is 31.0 Å². The third kappa shape index (κ3) is 5.70. The smallest absolute Gasteiger partial charge is 0.337 e. The summed E-state index contributed by atoms with van der Waals surface area (Å²) in [7, 11) is 1.37. The zero-order chi connectivity index (χ0) is 20.8. The van der Waals surface area contributed by atoms with E-state index in [1.54, 1.807) is 12.1 Å². The molecule has 0 spiro atoms. The predicted molar refractivity (Wildman–Crippen MR) is 123 cm³/mol. The highest BCUT2D eigenvalue weighted by Gasteiger charge is 2.16. The number of piperidine rings is 1. The van der Waals surface area contributed by atoms with Crippen LogP contribution in [0.3, 0.4) is 0 Å². The third-order valence-electron chi connectivity index (χ3n) is 5.32. The van der Waals surface area contributed by atoms with Crippen LogP contribution in [0.4, 0.5) is 11.4 Å². The average molecular weight is 412 g/mol. The molecule has 3 rings (SSSR count). The summed E-state index contributed by atoms with van der Waals surface area (Å²) in [5.74, 6) is 0.393. The molecule has 1 atom stereocenters. The first-order valence-corrected chi connectivity index (χ1v) is 10.4. The number of carbonyl (C=O) groups is 1. The summed E-state index contributed by atoms with van der Waals surface area (Å²) in [5, 5.41) is 6.92. The van der Waals surface area contributed by atoms with Crippen LogP contribution in [0.25, 0.3) is 0 Å². The van der Waals surface area contributed by atoms with Crippen LogP contribution in [-0.4, -0.2) is 31.3 Å². The van der Waals surface area contributed by atoms with Gasteiger partial charge in [0.1, 0.15) is 0 Å². The first-order chi connectivity index (χ1) is 14.0. The summed E-state index contributed by atoms with van der Waals surface area (Å²) in [6.07, 6.45) is 2.59. The van der Waals surface area contributed by atoms with Crippen molar-refractivity contribution in [2.75, 3.05) is 30.4 Å². The van der Waals surface area contributed by atoms with Gasteiger partial charge < -0.3 is 20.3 Å². The molecule has 0 aromatic heterocycles. The number of ether oxygens (including phenoxy) is 1. The molecular formula is C23H29N3O2S. The lowest BCUT2D eigenvalue weighted by Crippen LogP contribution is -2.34. The van der Waals surface area contributed by atoms with Gasteiger partial charge in [0.2, 0.25) is 0 Å². The normalized spacial score (nSPS) is 16.2. The zero-order valence-corrected chi connectivity index (χ0v) is 18.1. The lowest BCUT2D eigenvalue weighted by atomic mass is 9.99. The maximum atomic E-state index is 11.7. The highest BCUT2D eigenvalue weighted by Crippen LogP contribution is 2.23. The van der Waals surface area contributed by atoms with Crippen LogP contribution < -0.4 is 15.5 Å². The van der Waals surface area contributed by atoms with Gasteiger partial charge in [0.15, 0.2) is 5.11 Å². The minimum atomic E-state index is -0.366. The third-order valence-corrected chi connectivity index (χ3v) is 5.56. The number of benzene rings is 2. The molecular weight excluding hydrogens is 382 g/mol. The topological polar surface area (TPSA) is 53.6 Å². The van der Waals surface area contributed by atoms with Crippen LogP contribution in [0.1, 0.15) is 41.3 Å². The minimum Gasteiger partial charge on any atom is -0.465 e. The fourth-order valence-electron chi connectivity index (χ4n) is 3.60. The molecule has 2 N–H and O–H groups in total. The quantitative estimate of drug-likeness (QED) is 0.558. The largest absolute Gasteiger partial charge is 0.465 e. The Morgan fingerprint density at radius 3 is 2.69 bits per heavy atom. The first kappa shape index (κ1) is 21.1. The lowest BCUT2D eigenvalue weighted by molar-refractivity contribution is 0.0601. The molecule has 0 radical (unpaired) electrons. The molecule has 1 saturated heterocycles. The van der Waals surface area contributed by atoms with E-state index in [2.05, 4.69) is 46.7 Å². The van der Waals surface area contributed by atoms with E-state index in [-0.39, 0.29) is 5.97 Å². The maximum Gasteiger partial charge on any atom is 0.337 e. The molecule has 1 aliphatic heterocycles. The van der Waals surface area contributed by atoms with Crippen molar-refractivity contribution in [1.29, 1.82) is 0 Å². The number of nitrogens with one attached hydrogen (secondary N) is 2. The number of esters is 1. The van der Waals surface area contributed by atoms with E-state index in [1.165, 1.54) is 31.2 Å². The number of hydrogen-bond donors (Lipinski definition) is 2. The Hall–Kier alpha value is -2.60. The monoisotopic (exact) mass is 411 g/mol. The molecule has 0 aliphatic carbocycles. The highest BCUT2D eigenvalue weighted by molar-refractivity contribution is 7.80. The Morgan fingerprint density at radius 2 is 2.00 bits per heavy atom. The zero-order valence-electron chi connectivity index (χ0n) is 17.3. The highest BCUT2D eigenvalue weighted by atomic mass is 32.1. The average Bonchev–Trinajstić information content (AvgIpc) is 2.73. The van der Waals surface area contributed by atoms with Gasteiger partial charge in [-0.25, -0.2) is 4.79 Å². The number of anilines is 2. The lowest BCUT2D eigenvalue weighted by Gasteiger charge is -2.32. The summed E-state index contributed by atoms with van der Waals surface area (Å²) < 4.78 is 4.78. The van der Waals surface area contributed by atoms with E-state index in [4.69, 9.17) is 17.0 Å². The van der Waals surface area contributed by atoms with E-state index in [9.17, 15) is 4.79 Å². The second-order valence-electron chi connectivity index (χ2n) is 7.69. The summed E-state index contributed by atoms with van der Waals surface area (Å²) in [4.78, 5) is 14.2. The number of thiocarbonyl (C=S) groups is 1. The molecule has 6 heteroatoms. The van der Waals surface area contributed by atoms with Crippen molar-refractivity contribution < 1.29 is 9.53 Å². The molecule has 1 fully saturated rings. The Bertz CT molecular complexity index is 867. The molecule has 29 heavy (non-hydrogen) atoms. The fourth-order valence-corrected chi connectivity index (χ4v) is 3.78. The summed E-state index contributed by atoms with van der Waals surface area (Å²) in [5.41, 5.74) is 4.74. The molecule has 1 aliphatic rings. The molecule has 2 aromatic rings. The summed E-state index contributed by atoms with van der Waals surface area (Å²) in [6.45, 7) is 7.20. The number of nitrogens with zero attached hydrogens (tertiary/aromatic N) is 1. The van der Waals surface area contributed by atoms with Gasteiger partial charge in [-0.3, -0.25) is 0 Å². The molecule has 1 unspecified atom stereocenters. The molecule has 0 amide bonds. The number of carbonyl (C=O) groups excluding carboxylic acids is 1. The number of methoxy groups -OCH3 is 1. The standard InChI is InChI=1S/C23H29N3O2S/c1-16-5-4-12-26(15-16)20-10-7-18(8-11-20)14-24-23(29)25-21-13-19(22(27)28-3)9-6-17(21)2/h6-11,13,16H,4-5,12,14-15H2,1-3H3,(H2,24,25,29). The molecule has 154 valence electrons. The minimum absolute atomic E-state index is 0.366. The molecule has 0 saturated carbocycles. The molecule has 0 bridgehead atoms. The Morgan fingerprint density at radius 1 is 1.24 bits per heavy atom. The Kier molecular flexibility index (Phi) is 7.09. The van der Waals surface area contributed by atoms with Crippen molar-refractivity contribution in [3.05, 3.63) is 59.2 Å².